The van der Waals surface area contributed by atoms with Crippen LogP contribution >= 0.6 is 11.6 Å². The van der Waals surface area contributed by atoms with E-state index in [-0.39, 0.29) is 10.7 Å². The molecule has 0 amide bonds. The highest BCUT2D eigenvalue weighted by molar-refractivity contribution is 6.30. The van der Waals surface area contributed by atoms with Crippen LogP contribution in [-0.4, -0.2) is 9.55 Å². The lowest BCUT2D eigenvalue weighted by Gasteiger charge is -2.08. The van der Waals surface area contributed by atoms with E-state index < -0.39 is 5.69 Å². The first-order valence-corrected chi connectivity index (χ1v) is 8.01. The summed E-state index contributed by atoms with van der Waals surface area (Å²) in [6.45, 7) is 4.65. The van der Waals surface area contributed by atoms with Crippen LogP contribution in [0.3, 0.4) is 0 Å². The van der Waals surface area contributed by atoms with Crippen LogP contribution in [0.15, 0.2) is 9.59 Å². The van der Waals surface area contributed by atoms with E-state index in [4.69, 9.17) is 11.6 Å². The minimum Gasteiger partial charge on any atom is -0.297 e. The lowest BCUT2D eigenvalue weighted by molar-refractivity contribution is 0.531. The number of unbranched alkanes of at least 4 members (excludes halogenated alkanes) is 5. The van der Waals surface area contributed by atoms with Crippen LogP contribution in [-0.2, 0) is 13.0 Å². The number of hydrogen-bond donors (Lipinski definition) is 1. The van der Waals surface area contributed by atoms with Gasteiger partial charge in [-0.1, -0.05) is 64.0 Å². The molecule has 20 heavy (non-hydrogen) atoms. The van der Waals surface area contributed by atoms with Crippen LogP contribution in [0.5, 0.6) is 0 Å². The fourth-order valence-corrected chi connectivity index (χ4v) is 2.56. The van der Waals surface area contributed by atoms with E-state index in [2.05, 4.69) is 11.9 Å². The van der Waals surface area contributed by atoms with Crippen molar-refractivity contribution in [1.82, 2.24) is 9.55 Å². The van der Waals surface area contributed by atoms with Crippen molar-refractivity contribution in [3.05, 3.63) is 31.6 Å². The van der Waals surface area contributed by atoms with Gasteiger partial charge in [0.25, 0.3) is 5.56 Å². The highest BCUT2D eigenvalue weighted by Gasteiger charge is 2.11. The lowest BCUT2D eigenvalue weighted by atomic mass is 10.1. The van der Waals surface area contributed by atoms with Gasteiger partial charge in [-0.25, -0.2) is 4.79 Å². The van der Waals surface area contributed by atoms with Crippen molar-refractivity contribution in [3.8, 4) is 0 Å². The number of halogens is 1. The molecule has 1 heterocycles. The summed E-state index contributed by atoms with van der Waals surface area (Å²) in [7, 11) is 0. The third-order valence-corrected chi connectivity index (χ3v) is 3.79. The number of nitrogens with one attached hydrogen (secondary N) is 1. The van der Waals surface area contributed by atoms with Crippen molar-refractivity contribution in [2.24, 2.45) is 0 Å². The Hall–Kier alpha value is -1.03. The molecule has 0 unspecified atom stereocenters. The molecule has 0 saturated heterocycles. The maximum Gasteiger partial charge on any atom is 0.329 e. The molecule has 1 N–H and O–H groups in total. The van der Waals surface area contributed by atoms with E-state index in [1.165, 1.54) is 23.8 Å². The lowest BCUT2D eigenvalue weighted by Crippen LogP contribution is -2.37. The summed E-state index contributed by atoms with van der Waals surface area (Å²) in [6.07, 6.45) is 8.21. The van der Waals surface area contributed by atoms with Crippen molar-refractivity contribution in [1.29, 1.82) is 0 Å². The van der Waals surface area contributed by atoms with Crippen LogP contribution in [0.4, 0.5) is 0 Å². The Labute approximate surface area is 125 Å². The average molecular weight is 301 g/mol. The summed E-state index contributed by atoms with van der Waals surface area (Å²) in [5.74, 6) is 0. The molecule has 0 aromatic carbocycles. The quantitative estimate of drug-likeness (QED) is 0.560. The molecule has 0 fully saturated rings. The van der Waals surface area contributed by atoms with E-state index in [0.717, 1.165) is 25.7 Å². The Bertz CT molecular complexity index is 520. The highest BCUT2D eigenvalue weighted by Crippen LogP contribution is 2.09. The Kier molecular flexibility index (Phi) is 7.67. The third-order valence-electron chi connectivity index (χ3n) is 3.47. The molecule has 0 aliphatic rings. The van der Waals surface area contributed by atoms with Crippen molar-refractivity contribution >= 4 is 11.6 Å². The minimum atomic E-state index is -0.395. The maximum atomic E-state index is 12.2. The molecule has 0 aliphatic heterocycles. The molecular formula is C15H25ClN2O2. The largest absolute Gasteiger partial charge is 0.329 e. The van der Waals surface area contributed by atoms with Gasteiger partial charge in [-0.15, -0.1) is 0 Å². The Morgan fingerprint density at radius 1 is 1.00 bits per heavy atom. The molecule has 114 valence electrons. The van der Waals surface area contributed by atoms with Gasteiger partial charge in [-0.2, -0.15) is 0 Å². The molecule has 0 atom stereocenters. The van der Waals surface area contributed by atoms with E-state index in [1.54, 1.807) is 0 Å². The molecule has 0 bridgehead atoms. The number of hydrogen-bond acceptors (Lipinski definition) is 2. The predicted octanol–water partition coefficient (Wildman–Crippen LogP) is 3.50. The summed E-state index contributed by atoms with van der Waals surface area (Å²) < 4.78 is 1.29. The highest BCUT2D eigenvalue weighted by atomic mass is 35.5. The number of aromatic nitrogens is 2. The van der Waals surface area contributed by atoms with E-state index in [0.29, 0.717) is 18.5 Å². The molecule has 0 radical (unpaired) electrons. The van der Waals surface area contributed by atoms with Crippen LogP contribution in [0, 0.1) is 0 Å². The molecular weight excluding hydrogens is 276 g/mol. The van der Waals surface area contributed by atoms with Gasteiger partial charge in [0.1, 0.15) is 5.15 Å². The molecule has 0 spiro atoms. The van der Waals surface area contributed by atoms with Gasteiger partial charge < -0.3 is 0 Å². The predicted molar refractivity (Wildman–Crippen MR) is 83.7 cm³/mol. The van der Waals surface area contributed by atoms with Gasteiger partial charge in [-0.3, -0.25) is 14.3 Å². The first-order chi connectivity index (χ1) is 9.61. The second-order valence-corrected chi connectivity index (χ2v) is 5.58. The number of nitrogens with zero attached hydrogens (tertiary/aromatic N) is 1. The van der Waals surface area contributed by atoms with Crippen LogP contribution in [0.1, 0.15) is 64.4 Å². The number of rotatable bonds is 9. The molecule has 1 rings (SSSR count). The second-order valence-electron chi connectivity index (χ2n) is 5.20. The second kappa shape index (κ2) is 9.01. The first kappa shape index (κ1) is 17.0. The fraction of sp³-hybridized carbons (Fsp3) is 0.733. The maximum absolute atomic E-state index is 12.2. The molecule has 1 aromatic heterocycles. The summed E-state index contributed by atoms with van der Waals surface area (Å²) in [4.78, 5) is 26.6. The van der Waals surface area contributed by atoms with E-state index in [1.807, 2.05) is 6.92 Å². The van der Waals surface area contributed by atoms with E-state index >= 15 is 0 Å². The average Bonchev–Trinajstić information content (AvgIpc) is 2.41. The van der Waals surface area contributed by atoms with Gasteiger partial charge in [0, 0.05) is 6.54 Å². The zero-order chi connectivity index (χ0) is 15.0. The van der Waals surface area contributed by atoms with E-state index in [9.17, 15) is 9.59 Å². The monoisotopic (exact) mass is 300 g/mol. The smallest absolute Gasteiger partial charge is 0.297 e. The van der Waals surface area contributed by atoms with Crippen molar-refractivity contribution in [2.75, 3.05) is 0 Å². The van der Waals surface area contributed by atoms with Crippen molar-refractivity contribution < 1.29 is 0 Å². The fourth-order valence-electron chi connectivity index (χ4n) is 2.31. The summed E-state index contributed by atoms with van der Waals surface area (Å²) in [5, 5.41) is 0.195. The van der Waals surface area contributed by atoms with Gasteiger partial charge in [0.05, 0.1) is 5.56 Å². The Morgan fingerprint density at radius 3 is 2.30 bits per heavy atom. The number of aromatic amines is 1. The molecule has 0 saturated carbocycles. The minimum absolute atomic E-state index is 0.195. The van der Waals surface area contributed by atoms with Crippen molar-refractivity contribution in [3.63, 3.8) is 0 Å². The van der Waals surface area contributed by atoms with Crippen LogP contribution in [0.25, 0.3) is 0 Å². The number of H-pyrrole nitrogens is 1. The standard InChI is InChI=1S/C15H25ClN2O2/c1-3-5-6-7-8-9-11-18-14(19)12(10-4-2)13(16)17-15(18)20/h3-11H2,1-2H3,(H,17,20). The molecule has 1 aromatic rings. The summed E-state index contributed by atoms with van der Waals surface area (Å²) >= 11 is 5.94. The molecule has 0 aliphatic carbocycles. The summed E-state index contributed by atoms with van der Waals surface area (Å²) in [5.41, 5.74) is -0.0951. The Balaban J connectivity index is 2.68. The molecule has 4 nitrogen and oxygen atoms in total. The Morgan fingerprint density at radius 2 is 1.65 bits per heavy atom. The van der Waals surface area contributed by atoms with Gasteiger partial charge in [0.15, 0.2) is 0 Å². The third kappa shape index (κ3) is 4.82. The normalized spacial score (nSPS) is 10.9. The summed E-state index contributed by atoms with van der Waals surface area (Å²) in [6, 6.07) is 0. The zero-order valence-electron chi connectivity index (χ0n) is 12.5. The topological polar surface area (TPSA) is 54.9 Å². The molecule has 5 heteroatoms. The van der Waals surface area contributed by atoms with Gasteiger partial charge in [-0.05, 0) is 12.8 Å². The van der Waals surface area contributed by atoms with Crippen LogP contribution in [0.2, 0.25) is 5.15 Å². The van der Waals surface area contributed by atoms with Crippen molar-refractivity contribution in [2.45, 2.75) is 71.8 Å². The van der Waals surface area contributed by atoms with Gasteiger partial charge in [0.2, 0.25) is 0 Å². The SMILES string of the molecule is CCCCCCCCn1c(=O)[nH]c(Cl)c(CCC)c1=O. The van der Waals surface area contributed by atoms with Gasteiger partial charge >= 0.3 is 5.69 Å². The first-order valence-electron chi connectivity index (χ1n) is 7.63. The van der Waals surface area contributed by atoms with Crippen LogP contribution < -0.4 is 11.2 Å². The zero-order valence-corrected chi connectivity index (χ0v) is 13.3.